The molecule has 11 heteroatoms. The summed E-state index contributed by atoms with van der Waals surface area (Å²) in [4.78, 5) is 70.6. The van der Waals surface area contributed by atoms with E-state index in [9.17, 15) is 24.3 Å². The van der Waals surface area contributed by atoms with Crippen molar-refractivity contribution in [2.75, 3.05) is 11.4 Å². The largest absolute Gasteiger partial charge is 0.505 e. The number of amides is 4. The number of fused-ring (bicyclic) bond motifs is 4. The van der Waals surface area contributed by atoms with Gasteiger partial charge < -0.3 is 10.2 Å². The molecule has 4 aliphatic rings. The molecule has 2 heterocycles. The van der Waals surface area contributed by atoms with E-state index in [2.05, 4.69) is 0 Å². The number of imide groups is 2. The zero-order chi connectivity index (χ0) is 33.2. The van der Waals surface area contributed by atoms with Gasteiger partial charge in [-0.1, -0.05) is 65.7 Å². The van der Waals surface area contributed by atoms with Gasteiger partial charge in [-0.05, 0) is 66.6 Å². The number of carbonyl (C=O) groups is 5. The Balaban J connectivity index is 1.43. The van der Waals surface area contributed by atoms with Gasteiger partial charge >= 0.3 is 5.97 Å². The molecule has 240 valence electrons. The number of aliphatic carboxylic acids is 1. The molecular formula is C36H30ClFN2O7. The molecule has 4 amide bonds. The van der Waals surface area contributed by atoms with Crippen LogP contribution < -0.4 is 4.90 Å². The molecule has 0 unspecified atom stereocenters. The Labute approximate surface area is 274 Å². The Hall–Kier alpha value is -4.83. The average molecular weight is 657 g/mol. The fourth-order valence-corrected chi connectivity index (χ4v) is 8.68. The maximum Gasteiger partial charge on any atom is 0.303 e. The molecule has 0 bridgehead atoms. The highest BCUT2D eigenvalue weighted by atomic mass is 35.5. The SMILES string of the molecule is O=C(O)CCCN1C(=O)[C@H]2[C@H](CC=C3[C@H]2C[C@H]2C(=O)N(c4cccc(Cl)c4)C(=O)[C@@]2(c2ccccc2)[C@H]3c2ccc(O)c(F)c2)C1=O. The van der Waals surface area contributed by atoms with Crippen molar-refractivity contribution >= 4 is 46.9 Å². The van der Waals surface area contributed by atoms with Crippen molar-refractivity contribution in [3.8, 4) is 5.75 Å². The number of nitrogens with zero attached hydrogens (tertiary/aromatic N) is 2. The third-order valence-electron chi connectivity index (χ3n) is 10.3. The lowest BCUT2D eigenvalue weighted by molar-refractivity contribution is -0.142. The van der Waals surface area contributed by atoms with Gasteiger partial charge in [0, 0.05) is 23.9 Å². The van der Waals surface area contributed by atoms with Crippen LogP contribution in [0.5, 0.6) is 5.75 Å². The van der Waals surface area contributed by atoms with Gasteiger partial charge in [0.1, 0.15) is 0 Å². The summed E-state index contributed by atoms with van der Waals surface area (Å²) in [7, 11) is 0. The molecule has 0 radical (unpaired) electrons. The Morgan fingerprint density at radius 3 is 2.40 bits per heavy atom. The number of aromatic hydroxyl groups is 1. The maximum atomic E-state index is 15.2. The number of carboxylic acid groups (broad SMARTS) is 1. The zero-order valence-corrected chi connectivity index (χ0v) is 25.8. The van der Waals surface area contributed by atoms with Crippen molar-refractivity contribution in [1.82, 2.24) is 4.90 Å². The second-order valence-corrected chi connectivity index (χ2v) is 13.1. The fraction of sp³-hybridized carbons (Fsp3) is 0.306. The lowest BCUT2D eigenvalue weighted by atomic mass is 9.49. The van der Waals surface area contributed by atoms with E-state index in [1.807, 2.05) is 6.08 Å². The van der Waals surface area contributed by atoms with Gasteiger partial charge in [0.05, 0.1) is 28.9 Å². The van der Waals surface area contributed by atoms with Gasteiger partial charge in [-0.25, -0.2) is 9.29 Å². The molecule has 7 rings (SSSR count). The second kappa shape index (κ2) is 11.5. The van der Waals surface area contributed by atoms with Gasteiger partial charge in [0.2, 0.25) is 23.6 Å². The number of benzene rings is 3. The van der Waals surface area contributed by atoms with Crippen LogP contribution >= 0.6 is 11.6 Å². The quantitative estimate of drug-likeness (QED) is 0.264. The predicted molar refractivity (Wildman–Crippen MR) is 168 cm³/mol. The molecule has 3 fully saturated rings. The van der Waals surface area contributed by atoms with Crippen LogP contribution in [0.25, 0.3) is 0 Å². The normalized spacial score (nSPS) is 28.2. The van der Waals surface area contributed by atoms with Gasteiger partial charge in [0.25, 0.3) is 0 Å². The molecule has 6 atom stereocenters. The number of hydrogen-bond donors (Lipinski definition) is 2. The highest BCUT2D eigenvalue weighted by Crippen LogP contribution is 2.64. The summed E-state index contributed by atoms with van der Waals surface area (Å²) in [5.41, 5.74) is 0.245. The molecule has 2 N–H and O–H groups in total. The topological polar surface area (TPSA) is 132 Å². The van der Waals surface area contributed by atoms with Crippen LogP contribution in [-0.2, 0) is 29.4 Å². The molecular weight excluding hydrogens is 627 g/mol. The van der Waals surface area contributed by atoms with E-state index in [4.69, 9.17) is 16.7 Å². The summed E-state index contributed by atoms with van der Waals surface area (Å²) in [6.45, 7) is -0.0387. The minimum Gasteiger partial charge on any atom is -0.505 e. The summed E-state index contributed by atoms with van der Waals surface area (Å²) < 4.78 is 15.2. The van der Waals surface area contributed by atoms with Gasteiger partial charge in [-0.3, -0.25) is 28.9 Å². The molecule has 1 saturated carbocycles. The number of phenolic OH excluding ortho intramolecular Hbond substituents is 1. The Kier molecular flexibility index (Phi) is 7.50. The van der Waals surface area contributed by atoms with Crippen LogP contribution in [0.15, 0.2) is 84.4 Å². The van der Waals surface area contributed by atoms with Crippen molar-refractivity contribution in [2.45, 2.75) is 37.0 Å². The van der Waals surface area contributed by atoms with E-state index in [0.717, 1.165) is 15.9 Å². The lowest BCUT2D eigenvalue weighted by Crippen LogP contribution is -2.53. The van der Waals surface area contributed by atoms with E-state index >= 15 is 9.18 Å². The van der Waals surface area contributed by atoms with Gasteiger partial charge in [0.15, 0.2) is 11.6 Å². The predicted octanol–water partition coefficient (Wildman–Crippen LogP) is 5.21. The summed E-state index contributed by atoms with van der Waals surface area (Å²) >= 11 is 6.31. The standard InChI is InChI=1S/C36H30ClFN2O7/c37-21-8-4-9-22(17-21)40-33(45)26-18-25-23(12-13-24-30(25)34(46)39(32(24)44)15-5-10-29(42)43)31(19-11-14-28(41)27(38)16-19)36(26,35(40)47)20-6-2-1-3-7-20/h1-4,6-9,11-12,14,16-17,24-26,30-31,41H,5,10,13,15,18H2,(H,42,43)/t24-,25+,26-,30-,31-,36+/m0/s1. The number of carbonyl (C=O) groups excluding carboxylic acids is 4. The highest BCUT2D eigenvalue weighted by molar-refractivity contribution is 6.32. The number of phenols is 1. The van der Waals surface area contributed by atoms with Crippen LogP contribution in [0, 0.1) is 29.5 Å². The third kappa shape index (κ3) is 4.60. The number of anilines is 1. The van der Waals surface area contributed by atoms with E-state index < -0.39 is 70.3 Å². The van der Waals surface area contributed by atoms with Crippen molar-refractivity contribution in [2.24, 2.45) is 23.7 Å². The van der Waals surface area contributed by atoms with Crippen molar-refractivity contribution in [3.63, 3.8) is 0 Å². The van der Waals surface area contributed by atoms with Crippen molar-refractivity contribution in [3.05, 3.63) is 106 Å². The second-order valence-electron chi connectivity index (χ2n) is 12.6. The van der Waals surface area contributed by atoms with Crippen LogP contribution in [0.4, 0.5) is 10.1 Å². The molecule has 9 nitrogen and oxygen atoms in total. The summed E-state index contributed by atoms with van der Waals surface area (Å²) in [6.07, 6.45) is 2.01. The molecule has 2 aliphatic carbocycles. The number of likely N-dealkylation sites (tertiary alicyclic amines) is 1. The van der Waals surface area contributed by atoms with Crippen LogP contribution in [0.2, 0.25) is 5.02 Å². The molecule has 3 aromatic rings. The summed E-state index contributed by atoms with van der Waals surface area (Å²) in [6, 6.07) is 19.2. The van der Waals surface area contributed by atoms with Crippen LogP contribution in [0.3, 0.4) is 0 Å². The van der Waals surface area contributed by atoms with E-state index in [1.165, 1.54) is 18.2 Å². The van der Waals surface area contributed by atoms with Gasteiger partial charge in [-0.2, -0.15) is 0 Å². The van der Waals surface area contributed by atoms with E-state index in [0.29, 0.717) is 21.7 Å². The first-order valence-electron chi connectivity index (χ1n) is 15.5. The summed E-state index contributed by atoms with van der Waals surface area (Å²) in [5.74, 6) is -8.50. The number of allylic oxidation sites excluding steroid dienone is 2. The first-order chi connectivity index (χ1) is 22.5. The first-order valence-corrected chi connectivity index (χ1v) is 15.9. The van der Waals surface area contributed by atoms with Crippen LogP contribution in [-0.4, -0.2) is 51.3 Å². The Morgan fingerprint density at radius 2 is 1.70 bits per heavy atom. The Morgan fingerprint density at radius 1 is 0.936 bits per heavy atom. The summed E-state index contributed by atoms with van der Waals surface area (Å²) in [5, 5.41) is 19.6. The van der Waals surface area contributed by atoms with Crippen molar-refractivity contribution in [1.29, 1.82) is 0 Å². The minimum absolute atomic E-state index is 0.0387. The highest BCUT2D eigenvalue weighted by Gasteiger charge is 2.70. The fourth-order valence-electron chi connectivity index (χ4n) is 8.50. The van der Waals surface area contributed by atoms with Gasteiger partial charge in [-0.15, -0.1) is 0 Å². The smallest absolute Gasteiger partial charge is 0.303 e. The first kappa shape index (κ1) is 30.8. The third-order valence-corrected chi connectivity index (χ3v) is 10.6. The average Bonchev–Trinajstić information content (AvgIpc) is 3.43. The van der Waals surface area contributed by atoms with E-state index in [-0.39, 0.29) is 43.8 Å². The van der Waals surface area contributed by atoms with E-state index in [1.54, 1.807) is 48.5 Å². The number of carboxylic acids is 1. The zero-order valence-electron chi connectivity index (χ0n) is 25.0. The minimum atomic E-state index is -1.56. The lowest BCUT2D eigenvalue weighted by Gasteiger charge is -2.50. The molecule has 2 aliphatic heterocycles. The molecule has 2 saturated heterocycles. The molecule has 0 aromatic heterocycles. The molecule has 0 spiro atoms. The monoisotopic (exact) mass is 656 g/mol. The molecule has 3 aromatic carbocycles. The number of halogens is 2. The van der Waals surface area contributed by atoms with Crippen molar-refractivity contribution < 1.29 is 38.6 Å². The Bertz CT molecular complexity index is 1880. The maximum absolute atomic E-state index is 15.2. The molecule has 47 heavy (non-hydrogen) atoms. The van der Waals surface area contributed by atoms with Crippen LogP contribution in [0.1, 0.15) is 42.7 Å². The number of rotatable bonds is 7. The number of hydrogen-bond acceptors (Lipinski definition) is 6.